The molecule has 1 fully saturated rings. The van der Waals surface area contributed by atoms with Crippen molar-refractivity contribution in [3.05, 3.63) is 40.5 Å². The first kappa shape index (κ1) is 19.9. The average molecular weight is 430 g/mol. The molecule has 9 heteroatoms. The lowest BCUT2D eigenvalue weighted by molar-refractivity contribution is -0.128. The molecule has 0 radical (unpaired) electrons. The zero-order valence-corrected chi connectivity index (χ0v) is 18.3. The van der Waals surface area contributed by atoms with E-state index in [0.717, 1.165) is 41.8 Å². The minimum atomic E-state index is 0.100. The van der Waals surface area contributed by atoms with Gasteiger partial charge in [-0.15, -0.1) is 21.5 Å². The van der Waals surface area contributed by atoms with Gasteiger partial charge in [0.05, 0.1) is 16.5 Å². The van der Waals surface area contributed by atoms with Crippen LogP contribution in [0.15, 0.2) is 33.9 Å². The van der Waals surface area contributed by atoms with Gasteiger partial charge in [0.2, 0.25) is 5.91 Å². The van der Waals surface area contributed by atoms with E-state index >= 15 is 0 Å². The average Bonchev–Trinajstić information content (AvgIpc) is 3.32. The third-order valence-corrected chi connectivity index (χ3v) is 6.69. The number of thioether (sulfide) groups is 1. The number of aryl methyl sites for hydroxylation is 3. The highest BCUT2D eigenvalue weighted by atomic mass is 32.2. The van der Waals surface area contributed by atoms with Crippen molar-refractivity contribution in [3.63, 3.8) is 0 Å². The van der Waals surface area contributed by atoms with Gasteiger partial charge >= 0.3 is 0 Å². The van der Waals surface area contributed by atoms with Gasteiger partial charge in [0.25, 0.3) is 11.1 Å². The molecule has 0 atom stereocenters. The summed E-state index contributed by atoms with van der Waals surface area (Å²) in [7, 11) is 0. The molecule has 29 heavy (non-hydrogen) atoms. The Bertz CT molecular complexity index is 1010. The zero-order chi connectivity index (χ0) is 20.4. The van der Waals surface area contributed by atoms with Gasteiger partial charge in [-0.1, -0.05) is 23.9 Å². The molecule has 1 aliphatic rings. The first-order valence-corrected chi connectivity index (χ1v) is 11.3. The first-order chi connectivity index (χ1) is 14.0. The van der Waals surface area contributed by atoms with Crippen molar-refractivity contribution in [2.24, 2.45) is 0 Å². The third-order valence-electron chi connectivity index (χ3n) is 4.82. The molecule has 2 aromatic heterocycles. The molecule has 3 aromatic rings. The van der Waals surface area contributed by atoms with Crippen molar-refractivity contribution in [1.82, 2.24) is 20.1 Å². The highest BCUT2D eigenvalue weighted by Gasteiger charge is 2.22. The van der Waals surface area contributed by atoms with Gasteiger partial charge in [-0.05, 0) is 38.5 Å². The van der Waals surface area contributed by atoms with Crippen LogP contribution in [0.5, 0.6) is 0 Å². The van der Waals surface area contributed by atoms with Gasteiger partial charge in [-0.25, -0.2) is 4.98 Å². The van der Waals surface area contributed by atoms with Gasteiger partial charge in [-0.3, -0.25) is 4.79 Å². The smallest absolute Gasteiger partial charge is 0.277 e. The van der Waals surface area contributed by atoms with Crippen LogP contribution in [0.4, 0.5) is 5.69 Å². The Hall–Kier alpha value is -2.39. The summed E-state index contributed by atoms with van der Waals surface area (Å²) in [6, 6.07) is 8.49. The highest BCUT2D eigenvalue weighted by Crippen LogP contribution is 2.30. The molecule has 1 aromatic carbocycles. The molecule has 0 N–H and O–H groups in total. The fraction of sp³-hybridized carbons (Fsp3) is 0.400. The van der Waals surface area contributed by atoms with Crippen LogP contribution in [0, 0.1) is 20.8 Å². The molecular formula is C20H23N5O2S2. The summed E-state index contributed by atoms with van der Waals surface area (Å²) in [6.07, 6.45) is 0. The number of carbonyl (C=O) groups excluding carboxylic acids is 1. The van der Waals surface area contributed by atoms with Crippen LogP contribution in [0.3, 0.4) is 0 Å². The normalized spacial score (nSPS) is 14.4. The van der Waals surface area contributed by atoms with Gasteiger partial charge < -0.3 is 14.2 Å². The summed E-state index contributed by atoms with van der Waals surface area (Å²) in [5.74, 6) is 0.866. The van der Waals surface area contributed by atoms with Gasteiger partial charge in [0.1, 0.15) is 4.88 Å². The van der Waals surface area contributed by atoms with Gasteiger partial charge in [-0.2, -0.15) is 0 Å². The number of piperazine rings is 1. The van der Waals surface area contributed by atoms with E-state index in [2.05, 4.69) is 51.3 Å². The maximum atomic E-state index is 12.6. The lowest BCUT2D eigenvalue weighted by Gasteiger charge is -2.36. The Morgan fingerprint density at radius 2 is 1.97 bits per heavy atom. The molecule has 0 unspecified atom stereocenters. The van der Waals surface area contributed by atoms with Crippen LogP contribution < -0.4 is 4.90 Å². The van der Waals surface area contributed by atoms with Crippen LogP contribution in [0.2, 0.25) is 0 Å². The highest BCUT2D eigenvalue weighted by molar-refractivity contribution is 7.99. The van der Waals surface area contributed by atoms with E-state index in [-0.39, 0.29) is 5.91 Å². The summed E-state index contributed by atoms with van der Waals surface area (Å²) >= 11 is 2.82. The van der Waals surface area contributed by atoms with E-state index in [1.807, 2.05) is 18.7 Å². The Balaban J connectivity index is 1.29. The summed E-state index contributed by atoms with van der Waals surface area (Å²) < 4.78 is 5.72. The number of benzene rings is 1. The maximum Gasteiger partial charge on any atom is 0.277 e. The number of rotatable bonds is 5. The SMILES string of the molecule is Cc1cccc(N2CCN(C(=O)CSc3nnc(-c4sc(C)nc4C)o3)CC2)c1. The lowest BCUT2D eigenvalue weighted by Crippen LogP contribution is -2.49. The number of aromatic nitrogens is 3. The number of carbonyl (C=O) groups is 1. The molecule has 1 aliphatic heterocycles. The number of nitrogens with zero attached hydrogens (tertiary/aromatic N) is 5. The second-order valence-corrected chi connectivity index (χ2v) is 9.15. The van der Waals surface area contributed by atoms with Gasteiger partial charge in [0.15, 0.2) is 0 Å². The number of hydrogen-bond acceptors (Lipinski definition) is 8. The van der Waals surface area contributed by atoms with Crippen molar-refractivity contribution in [3.8, 4) is 10.8 Å². The van der Waals surface area contributed by atoms with Crippen LogP contribution >= 0.6 is 23.1 Å². The summed E-state index contributed by atoms with van der Waals surface area (Å²) in [6.45, 7) is 9.11. The Labute approximate surface area is 178 Å². The van der Waals surface area contributed by atoms with Crippen molar-refractivity contribution >= 4 is 34.7 Å². The van der Waals surface area contributed by atoms with Crippen LogP contribution in [-0.2, 0) is 4.79 Å². The third kappa shape index (κ3) is 4.62. The van der Waals surface area contributed by atoms with E-state index in [4.69, 9.17) is 4.42 Å². The van der Waals surface area contributed by atoms with Crippen molar-refractivity contribution < 1.29 is 9.21 Å². The Kier molecular flexibility index (Phi) is 5.86. The monoisotopic (exact) mass is 429 g/mol. The molecule has 1 amide bonds. The zero-order valence-electron chi connectivity index (χ0n) is 16.7. The van der Waals surface area contributed by atoms with Crippen molar-refractivity contribution in [1.29, 1.82) is 0 Å². The van der Waals surface area contributed by atoms with Crippen LogP contribution in [0.1, 0.15) is 16.3 Å². The van der Waals surface area contributed by atoms with Crippen LogP contribution in [0.25, 0.3) is 10.8 Å². The van der Waals surface area contributed by atoms with Crippen LogP contribution in [-0.4, -0.2) is 57.9 Å². The quantitative estimate of drug-likeness (QED) is 0.574. The van der Waals surface area contributed by atoms with Crippen molar-refractivity contribution in [2.75, 3.05) is 36.8 Å². The largest absolute Gasteiger partial charge is 0.410 e. The molecular weight excluding hydrogens is 406 g/mol. The molecule has 0 spiro atoms. The minimum Gasteiger partial charge on any atom is -0.410 e. The number of hydrogen-bond donors (Lipinski definition) is 0. The predicted octanol–water partition coefficient (Wildman–Crippen LogP) is 3.56. The molecule has 7 nitrogen and oxygen atoms in total. The summed E-state index contributed by atoms with van der Waals surface area (Å²) in [4.78, 5) is 22.1. The van der Waals surface area contributed by atoms with E-state index < -0.39 is 0 Å². The summed E-state index contributed by atoms with van der Waals surface area (Å²) in [5.41, 5.74) is 3.36. The first-order valence-electron chi connectivity index (χ1n) is 9.49. The molecule has 4 rings (SSSR count). The van der Waals surface area contributed by atoms with E-state index in [9.17, 15) is 4.79 Å². The second kappa shape index (κ2) is 8.54. The topological polar surface area (TPSA) is 75.4 Å². The standard InChI is InChI=1S/C20H23N5O2S2/c1-13-5-4-6-16(11-13)24-7-9-25(10-8-24)17(26)12-28-20-23-22-19(27-20)18-14(2)21-15(3)29-18/h4-6,11H,7-10,12H2,1-3H3. The lowest BCUT2D eigenvalue weighted by atomic mass is 10.2. The fourth-order valence-electron chi connectivity index (χ4n) is 3.34. The predicted molar refractivity (Wildman–Crippen MR) is 116 cm³/mol. The molecule has 0 aliphatic carbocycles. The molecule has 1 saturated heterocycles. The molecule has 0 bridgehead atoms. The van der Waals surface area contributed by atoms with E-state index in [1.165, 1.54) is 34.3 Å². The summed E-state index contributed by atoms with van der Waals surface area (Å²) in [5, 5.41) is 9.55. The van der Waals surface area contributed by atoms with E-state index in [1.54, 1.807) is 0 Å². The minimum absolute atomic E-state index is 0.100. The fourth-order valence-corrected chi connectivity index (χ4v) is 4.85. The number of amides is 1. The molecule has 0 saturated carbocycles. The molecule has 152 valence electrons. The Morgan fingerprint density at radius 1 is 1.17 bits per heavy atom. The number of anilines is 1. The van der Waals surface area contributed by atoms with E-state index in [0.29, 0.717) is 16.9 Å². The number of thiazole rings is 1. The Morgan fingerprint density at radius 3 is 2.66 bits per heavy atom. The van der Waals surface area contributed by atoms with Crippen molar-refractivity contribution in [2.45, 2.75) is 26.0 Å². The maximum absolute atomic E-state index is 12.6. The van der Waals surface area contributed by atoms with Gasteiger partial charge in [0, 0.05) is 31.9 Å². The molecule has 3 heterocycles. The second-order valence-electron chi connectivity index (χ2n) is 7.02.